The van der Waals surface area contributed by atoms with Crippen LogP contribution in [0.4, 0.5) is 0 Å². The minimum Gasteiger partial charge on any atom is -0.459 e. The Bertz CT molecular complexity index is 416. The van der Waals surface area contributed by atoms with E-state index < -0.39 is 29.4 Å². The molecule has 0 bridgehead atoms. The summed E-state index contributed by atoms with van der Waals surface area (Å²) in [6.45, 7) is 2.91. The number of rotatable bonds is 4. The predicted molar refractivity (Wildman–Crippen MR) is 64.2 cm³/mol. The van der Waals surface area contributed by atoms with Crippen molar-refractivity contribution in [3.63, 3.8) is 0 Å². The molecule has 7 heteroatoms. The molecule has 1 saturated carbocycles. The van der Waals surface area contributed by atoms with E-state index in [2.05, 4.69) is 4.79 Å². The lowest BCUT2D eigenvalue weighted by Gasteiger charge is -2.34. The van der Waals surface area contributed by atoms with Gasteiger partial charge < -0.3 is 20.1 Å². The summed E-state index contributed by atoms with van der Waals surface area (Å²) in [6.07, 6.45) is 1.04. The molecule has 2 atom stereocenters. The van der Waals surface area contributed by atoms with Crippen molar-refractivity contribution in [1.29, 1.82) is 0 Å². The Morgan fingerprint density at radius 1 is 1.47 bits per heavy atom. The molecule has 1 aliphatic carbocycles. The maximum absolute atomic E-state index is 11.7. The average Bonchev–Trinajstić information content (AvgIpc) is 2.33. The van der Waals surface area contributed by atoms with E-state index in [1.165, 1.54) is 6.92 Å². The monoisotopic (exact) mass is 270 g/mol. The first-order chi connectivity index (χ1) is 8.95. The van der Waals surface area contributed by atoms with Gasteiger partial charge >= 0.3 is 17.7 Å². The fraction of sp³-hybridized carbons (Fsp3) is 0.750. The second-order valence-corrected chi connectivity index (χ2v) is 4.44. The van der Waals surface area contributed by atoms with Gasteiger partial charge in [0.1, 0.15) is 6.10 Å². The highest BCUT2D eigenvalue weighted by Crippen LogP contribution is 2.32. The summed E-state index contributed by atoms with van der Waals surface area (Å²) in [5.41, 5.74) is 6.66. The lowest BCUT2D eigenvalue weighted by Crippen LogP contribution is -2.56. The molecule has 0 saturated heterocycles. The Hall–Kier alpha value is -1.72. The molecular formula is C12H18N2O5. The van der Waals surface area contributed by atoms with Gasteiger partial charge in [0.15, 0.2) is 0 Å². The summed E-state index contributed by atoms with van der Waals surface area (Å²) in [6, 6.07) is 0. The molecule has 1 rings (SSSR count). The molecule has 19 heavy (non-hydrogen) atoms. The molecule has 0 aromatic heterocycles. The van der Waals surface area contributed by atoms with Crippen LogP contribution in [-0.4, -0.2) is 45.9 Å². The normalized spacial score (nSPS) is 26.2. The van der Waals surface area contributed by atoms with Gasteiger partial charge in [0, 0.05) is 6.92 Å². The van der Waals surface area contributed by atoms with Gasteiger partial charge in [-0.15, -0.1) is 0 Å². The van der Waals surface area contributed by atoms with Crippen LogP contribution in [0.25, 0.3) is 5.53 Å². The van der Waals surface area contributed by atoms with Gasteiger partial charge in [-0.3, -0.25) is 4.79 Å². The van der Waals surface area contributed by atoms with E-state index in [1.807, 2.05) is 0 Å². The van der Waals surface area contributed by atoms with Crippen molar-refractivity contribution >= 4 is 17.7 Å². The Morgan fingerprint density at radius 2 is 2.16 bits per heavy atom. The van der Waals surface area contributed by atoms with Crippen LogP contribution in [0.2, 0.25) is 0 Å². The molecule has 1 N–H and O–H groups in total. The van der Waals surface area contributed by atoms with E-state index in [0.717, 1.165) is 6.42 Å². The first kappa shape index (κ1) is 15.3. The Morgan fingerprint density at radius 3 is 2.68 bits per heavy atom. The SMILES string of the molecule is CCOC(=O)C(=[N+]=[N-])[C@@]1(O)CCCC[C@@H]1OC(C)=O. The second-order valence-electron chi connectivity index (χ2n) is 4.44. The Labute approximate surface area is 111 Å². The van der Waals surface area contributed by atoms with E-state index in [0.29, 0.717) is 12.8 Å². The van der Waals surface area contributed by atoms with Crippen molar-refractivity contribution in [2.75, 3.05) is 6.61 Å². The fourth-order valence-electron chi connectivity index (χ4n) is 2.26. The van der Waals surface area contributed by atoms with E-state index in [9.17, 15) is 14.7 Å². The molecule has 106 valence electrons. The zero-order valence-electron chi connectivity index (χ0n) is 11.1. The molecule has 0 aromatic carbocycles. The largest absolute Gasteiger partial charge is 0.459 e. The number of carbonyl (C=O) groups excluding carboxylic acids is 2. The minimum absolute atomic E-state index is 0.0894. The smallest absolute Gasteiger partial charge is 0.420 e. The third-order valence-corrected chi connectivity index (χ3v) is 3.09. The lowest BCUT2D eigenvalue weighted by molar-refractivity contribution is -0.168. The van der Waals surface area contributed by atoms with Gasteiger partial charge in [0.25, 0.3) is 0 Å². The van der Waals surface area contributed by atoms with Crippen molar-refractivity contribution in [3.8, 4) is 0 Å². The van der Waals surface area contributed by atoms with Crippen LogP contribution in [0, 0.1) is 0 Å². The second kappa shape index (κ2) is 6.45. The fourth-order valence-corrected chi connectivity index (χ4v) is 2.26. The highest BCUT2D eigenvalue weighted by atomic mass is 16.6. The number of hydrogen-bond donors (Lipinski definition) is 1. The first-order valence-electron chi connectivity index (χ1n) is 6.25. The molecular weight excluding hydrogens is 252 g/mol. The molecule has 0 radical (unpaired) electrons. The topological polar surface area (TPSA) is 109 Å². The van der Waals surface area contributed by atoms with Crippen molar-refractivity contribution in [2.24, 2.45) is 0 Å². The molecule has 7 nitrogen and oxygen atoms in total. The van der Waals surface area contributed by atoms with Gasteiger partial charge in [-0.2, -0.15) is 4.79 Å². The van der Waals surface area contributed by atoms with Crippen LogP contribution in [-0.2, 0) is 19.1 Å². The minimum atomic E-state index is -1.80. The van der Waals surface area contributed by atoms with Gasteiger partial charge in [0.2, 0.25) is 5.60 Å². The van der Waals surface area contributed by atoms with Crippen molar-refractivity contribution in [3.05, 3.63) is 5.53 Å². The maximum Gasteiger partial charge on any atom is 0.420 e. The molecule has 0 amide bonds. The van der Waals surface area contributed by atoms with E-state index in [4.69, 9.17) is 15.0 Å². The van der Waals surface area contributed by atoms with Crippen LogP contribution in [0.15, 0.2) is 0 Å². The van der Waals surface area contributed by atoms with Gasteiger partial charge in [-0.25, -0.2) is 4.79 Å². The van der Waals surface area contributed by atoms with E-state index in [-0.39, 0.29) is 13.0 Å². The molecule has 0 unspecified atom stereocenters. The van der Waals surface area contributed by atoms with E-state index >= 15 is 0 Å². The molecule has 1 fully saturated rings. The van der Waals surface area contributed by atoms with E-state index in [1.54, 1.807) is 6.92 Å². The molecule has 0 aromatic rings. The van der Waals surface area contributed by atoms with Crippen molar-refractivity contribution < 1.29 is 29.0 Å². The zero-order chi connectivity index (χ0) is 14.5. The van der Waals surface area contributed by atoms with Crippen LogP contribution in [0.1, 0.15) is 39.5 Å². The third kappa shape index (κ3) is 3.39. The molecule has 0 spiro atoms. The maximum atomic E-state index is 11.7. The molecule has 0 heterocycles. The van der Waals surface area contributed by atoms with Crippen molar-refractivity contribution in [2.45, 2.75) is 51.2 Å². The third-order valence-electron chi connectivity index (χ3n) is 3.09. The number of aliphatic hydroxyl groups is 1. The Balaban J connectivity index is 3.04. The quantitative estimate of drug-likeness (QED) is 0.345. The Kier molecular flexibility index (Phi) is 5.20. The van der Waals surface area contributed by atoms with Crippen LogP contribution in [0.5, 0.6) is 0 Å². The first-order valence-corrected chi connectivity index (χ1v) is 6.25. The standard InChI is InChI=1S/C12H18N2O5/c1-3-18-11(16)10(14-13)12(17)7-5-4-6-9(12)19-8(2)15/h9,17H,3-7H2,1-2H3/t9-,12+/m0/s1. The summed E-state index contributed by atoms with van der Waals surface area (Å²) >= 11 is 0. The predicted octanol–water partition coefficient (Wildman–Crippen LogP) is 0.457. The number of nitrogens with zero attached hydrogens (tertiary/aromatic N) is 2. The molecule has 0 aliphatic heterocycles. The number of carbonyl (C=O) groups is 2. The van der Waals surface area contributed by atoms with Gasteiger partial charge in [0.05, 0.1) is 6.61 Å². The van der Waals surface area contributed by atoms with Crippen LogP contribution >= 0.6 is 0 Å². The summed E-state index contributed by atoms with van der Waals surface area (Å²) < 4.78 is 9.77. The summed E-state index contributed by atoms with van der Waals surface area (Å²) in [5.74, 6) is -1.47. The highest BCUT2D eigenvalue weighted by molar-refractivity contribution is 6.37. The lowest BCUT2D eigenvalue weighted by atomic mass is 9.78. The number of hydrogen-bond acceptors (Lipinski definition) is 5. The van der Waals surface area contributed by atoms with Crippen LogP contribution < -0.4 is 0 Å². The summed E-state index contributed by atoms with van der Waals surface area (Å²) in [4.78, 5) is 25.6. The average molecular weight is 270 g/mol. The number of ether oxygens (including phenoxy) is 2. The zero-order valence-corrected chi connectivity index (χ0v) is 11.1. The number of esters is 2. The highest BCUT2D eigenvalue weighted by Gasteiger charge is 2.55. The van der Waals surface area contributed by atoms with Crippen molar-refractivity contribution in [1.82, 2.24) is 0 Å². The summed E-state index contributed by atoms with van der Waals surface area (Å²) in [5, 5.41) is 10.6. The molecule has 1 aliphatic rings. The van der Waals surface area contributed by atoms with Gasteiger partial charge in [-0.05, 0) is 32.6 Å². The van der Waals surface area contributed by atoms with Crippen LogP contribution in [0.3, 0.4) is 0 Å². The summed E-state index contributed by atoms with van der Waals surface area (Å²) in [7, 11) is 0. The van der Waals surface area contributed by atoms with Gasteiger partial charge in [-0.1, -0.05) is 0 Å².